The van der Waals surface area contributed by atoms with E-state index >= 15 is 0 Å². The quantitative estimate of drug-likeness (QED) is 0.291. The summed E-state index contributed by atoms with van der Waals surface area (Å²) in [5.41, 5.74) is 1.60. The van der Waals surface area contributed by atoms with Gasteiger partial charge in [0.2, 0.25) is 0 Å². The molecule has 4 aromatic rings. The van der Waals surface area contributed by atoms with Gasteiger partial charge in [0, 0.05) is 29.1 Å². The Kier molecular flexibility index (Phi) is 6.14. The van der Waals surface area contributed by atoms with E-state index in [1.54, 1.807) is 18.2 Å². The molecule has 1 unspecified atom stereocenters. The number of aromatic nitrogens is 4. The average molecular weight is 570 g/mol. The summed E-state index contributed by atoms with van der Waals surface area (Å²) in [4.78, 5) is 17.7. The summed E-state index contributed by atoms with van der Waals surface area (Å²) in [6.07, 6.45) is 1.85. The van der Waals surface area contributed by atoms with Crippen LogP contribution < -0.4 is 9.64 Å². The maximum Gasteiger partial charge on any atom is 0.573 e. The highest BCUT2D eigenvalue weighted by atomic mass is 19.4. The molecule has 5 heterocycles. The fraction of sp³-hybridized carbons (Fsp3) is 0.429. The normalized spacial score (nSPS) is 22.4. The number of hydrogen-bond donors (Lipinski definition) is 1. The van der Waals surface area contributed by atoms with Gasteiger partial charge in [-0.2, -0.15) is 0 Å². The summed E-state index contributed by atoms with van der Waals surface area (Å²) >= 11 is 0. The van der Waals surface area contributed by atoms with Crippen molar-refractivity contribution in [1.82, 2.24) is 19.8 Å². The number of rotatable bonds is 8. The van der Waals surface area contributed by atoms with Crippen molar-refractivity contribution in [1.29, 1.82) is 0 Å². The molecule has 1 aromatic carbocycles. The molecule has 0 radical (unpaired) electrons. The zero-order chi connectivity index (χ0) is 28.3. The second-order valence-electron chi connectivity index (χ2n) is 10.8. The topological polar surface area (TPSA) is 115 Å². The zero-order valence-electron chi connectivity index (χ0n) is 21.8. The van der Waals surface area contributed by atoms with E-state index in [2.05, 4.69) is 24.9 Å². The minimum absolute atomic E-state index is 0.0593. The fourth-order valence-corrected chi connectivity index (χ4v) is 6.17. The molecular weight excluding hydrogens is 543 g/mol. The SMILES string of the molecule is O=C(O)c1cn2nc(N3[C@@H]4CC[C@H]3CC(OCc3c(-c5ccccc5OC(F)(F)F)noc3C3CC3)C4)ccc2n1. The number of aromatic carboxylic acids is 1. The number of carboxylic acid groups (broad SMARTS) is 1. The summed E-state index contributed by atoms with van der Waals surface area (Å²) in [5.74, 6) is 0.180. The Morgan fingerprint density at radius 2 is 1.83 bits per heavy atom. The van der Waals surface area contributed by atoms with Gasteiger partial charge >= 0.3 is 12.3 Å². The lowest BCUT2D eigenvalue weighted by Crippen LogP contribution is -2.46. The van der Waals surface area contributed by atoms with Crippen LogP contribution in [0.1, 0.15) is 66.3 Å². The van der Waals surface area contributed by atoms with Gasteiger partial charge in [-0.3, -0.25) is 0 Å². The van der Waals surface area contributed by atoms with Gasteiger partial charge in [0.15, 0.2) is 11.3 Å². The lowest BCUT2D eigenvalue weighted by atomic mass is 9.99. The van der Waals surface area contributed by atoms with Crippen LogP contribution in [-0.2, 0) is 11.3 Å². The predicted octanol–water partition coefficient (Wildman–Crippen LogP) is 5.58. The summed E-state index contributed by atoms with van der Waals surface area (Å²) in [6, 6.07) is 9.95. The van der Waals surface area contributed by atoms with Crippen molar-refractivity contribution in [2.24, 2.45) is 0 Å². The average Bonchev–Trinajstić information content (AvgIpc) is 3.44. The molecule has 10 nitrogen and oxygen atoms in total. The van der Waals surface area contributed by atoms with E-state index in [4.69, 9.17) is 9.26 Å². The number of piperidine rings is 1. The molecule has 1 saturated carbocycles. The highest BCUT2D eigenvalue weighted by Crippen LogP contribution is 2.46. The zero-order valence-corrected chi connectivity index (χ0v) is 21.8. The number of nitrogens with zero attached hydrogens (tertiary/aromatic N) is 5. The molecule has 3 atom stereocenters. The van der Waals surface area contributed by atoms with Gasteiger partial charge in [-0.1, -0.05) is 17.3 Å². The molecule has 2 bridgehead atoms. The third-order valence-corrected chi connectivity index (χ3v) is 8.08. The first-order valence-corrected chi connectivity index (χ1v) is 13.6. The minimum atomic E-state index is -4.83. The van der Waals surface area contributed by atoms with Crippen LogP contribution in [0.15, 0.2) is 47.1 Å². The van der Waals surface area contributed by atoms with Gasteiger partial charge < -0.3 is 24.0 Å². The van der Waals surface area contributed by atoms with Gasteiger partial charge in [0.05, 0.1) is 18.9 Å². The van der Waals surface area contributed by atoms with Crippen LogP contribution in [0.3, 0.4) is 0 Å². The highest BCUT2D eigenvalue weighted by molar-refractivity contribution is 5.86. The molecule has 13 heteroatoms. The Hall–Kier alpha value is -4.13. The molecule has 7 rings (SSSR count). The first-order valence-electron chi connectivity index (χ1n) is 13.6. The van der Waals surface area contributed by atoms with E-state index in [9.17, 15) is 23.1 Å². The van der Waals surface area contributed by atoms with Crippen LogP contribution in [0.2, 0.25) is 0 Å². The van der Waals surface area contributed by atoms with Crippen molar-refractivity contribution < 1.29 is 37.1 Å². The van der Waals surface area contributed by atoms with Crippen LogP contribution in [0.4, 0.5) is 19.0 Å². The van der Waals surface area contributed by atoms with Gasteiger partial charge in [0.25, 0.3) is 0 Å². The smallest absolute Gasteiger partial charge is 0.476 e. The maximum atomic E-state index is 13.1. The molecule has 0 spiro atoms. The van der Waals surface area contributed by atoms with E-state index in [0.717, 1.165) is 44.3 Å². The van der Waals surface area contributed by atoms with E-state index in [-0.39, 0.29) is 47.7 Å². The lowest BCUT2D eigenvalue weighted by molar-refractivity contribution is -0.274. The monoisotopic (exact) mass is 569 g/mol. The summed E-state index contributed by atoms with van der Waals surface area (Å²) < 4.78 is 57.1. The summed E-state index contributed by atoms with van der Waals surface area (Å²) in [7, 11) is 0. The number of hydrogen-bond acceptors (Lipinski definition) is 8. The second kappa shape index (κ2) is 9.75. The number of imidazole rings is 1. The van der Waals surface area contributed by atoms with Crippen LogP contribution in [0.25, 0.3) is 16.9 Å². The molecule has 0 amide bonds. The van der Waals surface area contributed by atoms with Gasteiger partial charge in [-0.05, 0) is 62.8 Å². The van der Waals surface area contributed by atoms with E-state index in [0.29, 0.717) is 22.7 Å². The summed E-state index contributed by atoms with van der Waals surface area (Å²) in [5, 5.41) is 18.1. The Morgan fingerprint density at radius 1 is 1.07 bits per heavy atom. The van der Waals surface area contributed by atoms with Crippen molar-refractivity contribution in [3.8, 4) is 17.0 Å². The number of para-hydroxylation sites is 1. The molecule has 41 heavy (non-hydrogen) atoms. The van der Waals surface area contributed by atoms with Crippen molar-refractivity contribution in [3.05, 3.63) is 59.6 Å². The second-order valence-corrected chi connectivity index (χ2v) is 10.8. The number of fused-ring (bicyclic) bond motifs is 3. The predicted molar refractivity (Wildman–Crippen MR) is 138 cm³/mol. The molecule has 3 aromatic heterocycles. The van der Waals surface area contributed by atoms with E-state index < -0.39 is 12.3 Å². The van der Waals surface area contributed by atoms with Crippen molar-refractivity contribution in [2.45, 2.75) is 75.6 Å². The molecular formula is C28H26F3N5O5. The third-order valence-electron chi connectivity index (χ3n) is 8.08. The molecule has 1 aliphatic carbocycles. The van der Waals surface area contributed by atoms with Gasteiger partial charge in [-0.15, -0.1) is 18.3 Å². The molecule has 2 aliphatic heterocycles. The molecule has 1 N–H and O–H groups in total. The Morgan fingerprint density at radius 3 is 2.54 bits per heavy atom. The minimum Gasteiger partial charge on any atom is -0.476 e. The number of carbonyl (C=O) groups is 1. The maximum absolute atomic E-state index is 13.1. The fourth-order valence-electron chi connectivity index (χ4n) is 6.17. The van der Waals surface area contributed by atoms with Gasteiger partial charge in [-0.25, -0.2) is 14.3 Å². The van der Waals surface area contributed by atoms with Gasteiger partial charge in [0.1, 0.15) is 23.0 Å². The number of ether oxygens (including phenoxy) is 2. The number of benzene rings is 1. The van der Waals surface area contributed by atoms with Crippen molar-refractivity contribution in [2.75, 3.05) is 4.90 Å². The van der Waals surface area contributed by atoms with Crippen LogP contribution >= 0.6 is 0 Å². The number of halogens is 3. The number of alkyl halides is 3. The summed E-state index contributed by atoms with van der Waals surface area (Å²) in [6.45, 7) is 0.173. The van der Waals surface area contributed by atoms with E-state index in [1.165, 1.54) is 22.8 Å². The lowest BCUT2D eigenvalue weighted by Gasteiger charge is -2.39. The van der Waals surface area contributed by atoms with E-state index in [1.807, 2.05) is 6.07 Å². The third kappa shape index (κ3) is 4.98. The first kappa shape index (κ1) is 25.8. The molecule has 3 aliphatic rings. The van der Waals surface area contributed by atoms with Crippen LogP contribution in [0, 0.1) is 0 Å². The first-order chi connectivity index (χ1) is 19.7. The Bertz CT molecular complexity index is 1600. The highest BCUT2D eigenvalue weighted by Gasteiger charge is 2.43. The Balaban J connectivity index is 1.09. The van der Waals surface area contributed by atoms with Crippen LogP contribution in [-0.4, -0.2) is 55.4 Å². The largest absolute Gasteiger partial charge is 0.573 e. The molecule has 3 fully saturated rings. The van der Waals surface area contributed by atoms with Crippen LogP contribution in [0.5, 0.6) is 5.75 Å². The van der Waals surface area contributed by atoms with Crippen molar-refractivity contribution in [3.63, 3.8) is 0 Å². The standard InChI is InChI=1S/C28H26F3N5O5/c29-28(30,31)40-22-4-2-1-3-19(22)25-20(26(41-34-25)15-5-6-15)14-39-18-11-16-7-8-17(12-18)36(16)24-10-9-23-32-21(27(37)38)13-35(23)33-24/h1-4,9-10,13,15-18H,5-8,11-12,14H2,(H,37,38)/t16-,17+,18?. The molecule has 214 valence electrons. The number of carboxylic acids is 1. The molecule has 2 saturated heterocycles. The van der Waals surface area contributed by atoms with Crippen molar-refractivity contribution >= 4 is 17.4 Å². The Labute approximate surface area is 231 Å². The number of anilines is 1.